The number of hydrogen-bond acceptors (Lipinski definition) is 8. The van der Waals surface area contributed by atoms with Crippen molar-refractivity contribution in [1.82, 2.24) is 15.5 Å². The third kappa shape index (κ3) is 5.09. The third-order valence-corrected chi connectivity index (χ3v) is 4.82. The second-order valence-corrected chi connectivity index (χ2v) is 7.02. The number of rotatable bonds is 10. The number of nitrogens with zero attached hydrogens (tertiary/aromatic N) is 1. The van der Waals surface area contributed by atoms with Gasteiger partial charge < -0.3 is 19.9 Å². The maximum absolute atomic E-state index is 12.9. The lowest BCUT2D eigenvalue weighted by Crippen LogP contribution is -2.54. The lowest BCUT2D eigenvalue weighted by molar-refractivity contribution is -0.138. The van der Waals surface area contributed by atoms with Crippen LogP contribution in [-0.4, -0.2) is 77.9 Å². The van der Waals surface area contributed by atoms with E-state index in [4.69, 9.17) is 14.6 Å². The summed E-state index contributed by atoms with van der Waals surface area (Å²) in [5.74, 6) is -4.07. The van der Waals surface area contributed by atoms with Crippen LogP contribution >= 0.6 is 0 Å². The highest BCUT2D eigenvalue weighted by Crippen LogP contribution is 2.33. The van der Waals surface area contributed by atoms with Gasteiger partial charge in [0.2, 0.25) is 11.8 Å². The van der Waals surface area contributed by atoms with E-state index in [0.29, 0.717) is 0 Å². The molecule has 1 unspecified atom stereocenters. The zero-order valence-electron chi connectivity index (χ0n) is 16.9. The molecule has 0 bridgehead atoms. The number of aliphatic carboxylic acids is 1. The first-order valence-corrected chi connectivity index (χ1v) is 9.83. The van der Waals surface area contributed by atoms with Gasteiger partial charge in [0.25, 0.3) is 17.7 Å². The number of ether oxygens (including phenoxy) is 2. The van der Waals surface area contributed by atoms with Crippen molar-refractivity contribution in [2.75, 3.05) is 26.4 Å². The number of carboxylic acids is 1. The minimum absolute atomic E-state index is 0.00730. The average Bonchev–Trinajstić information content (AvgIpc) is 3.00. The number of hydrogen-bond donors (Lipinski definition) is 3. The largest absolute Gasteiger partial charge is 0.483 e. The van der Waals surface area contributed by atoms with Crippen molar-refractivity contribution < 1.29 is 43.3 Å². The van der Waals surface area contributed by atoms with Gasteiger partial charge in [0.1, 0.15) is 11.8 Å². The number of carbonyl (C=O) groups excluding carboxylic acids is 5. The summed E-state index contributed by atoms with van der Waals surface area (Å²) in [4.78, 5) is 72.3. The number of piperidine rings is 1. The standard InChI is InChI=1S/C20H21N3O9/c24-14-5-4-12(18(28)22-14)23-19(29)11-2-1-3-13(17(11)20(23)30)32-10-15(25)21-7-9-31-8-6-16(26)27/h1-3,12H,4-10H2,(H,21,25)(H,26,27)(H,22,24,28). The molecule has 1 atom stereocenters. The summed E-state index contributed by atoms with van der Waals surface area (Å²) in [5.41, 5.74) is -0.00329. The van der Waals surface area contributed by atoms with Crippen LogP contribution in [0.3, 0.4) is 0 Å². The molecule has 32 heavy (non-hydrogen) atoms. The van der Waals surface area contributed by atoms with Gasteiger partial charge in [0.05, 0.1) is 30.8 Å². The molecular weight excluding hydrogens is 426 g/mol. The van der Waals surface area contributed by atoms with Gasteiger partial charge in [-0.15, -0.1) is 0 Å². The smallest absolute Gasteiger partial charge is 0.305 e. The van der Waals surface area contributed by atoms with E-state index in [0.717, 1.165) is 4.90 Å². The Morgan fingerprint density at radius 2 is 1.94 bits per heavy atom. The summed E-state index contributed by atoms with van der Waals surface area (Å²) < 4.78 is 10.5. The van der Waals surface area contributed by atoms with Crippen LogP contribution in [0.25, 0.3) is 0 Å². The van der Waals surface area contributed by atoms with E-state index in [-0.39, 0.29) is 55.9 Å². The monoisotopic (exact) mass is 447 g/mol. The van der Waals surface area contributed by atoms with E-state index < -0.39 is 48.2 Å². The molecular formula is C20H21N3O9. The molecule has 2 aliphatic heterocycles. The molecule has 1 saturated heterocycles. The van der Waals surface area contributed by atoms with Crippen LogP contribution in [0.4, 0.5) is 0 Å². The number of fused-ring (bicyclic) bond motifs is 1. The molecule has 0 aromatic heterocycles. The Balaban J connectivity index is 1.58. The third-order valence-electron chi connectivity index (χ3n) is 4.82. The molecule has 3 N–H and O–H groups in total. The first-order chi connectivity index (χ1) is 15.3. The van der Waals surface area contributed by atoms with Crippen LogP contribution in [0.15, 0.2) is 18.2 Å². The molecule has 3 rings (SSSR count). The molecule has 170 valence electrons. The number of carboxylic acid groups (broad SMARTS) is 1. The molecule has 0 aliphatic carbocycles. The zero-order valence-corrected chi connectivity index (χ0v) is 16.9. The van der Waals surface area contributed by atoms with E-state index in [9.17, 15) is 28.8 Å². The Kier molecular flexibility index (Phi) is 7.15. The molecule has 5 amide bonds. The Hall–Kier alpha value is -3.80. The van der Waals surface area contributed by atoms with Crippen LogP contribution in [-0.2, 0) is 23.9 Å². The van der Waals surface area contributed by atoms with E-state index in [1.165, 1.54) is 18.2 Å². The fraction of sp³-hybridized carbons (Fsp3) is 0.400. The van der Waals surface area contributed by atoms with Crippen molar-refractivity contribution in [3.8, 4) is 5.75 Å². The minimum Gasteiger partial charge on any atom is -0.483 e. The number of amides is 5. The lowest BCUT2D eigenvalue weighted by atomic mass is 10.0. The topological polar surface area (TPSA) is 168 Å². The average molecular weight is 447 g/mol. The second kappa shape index (κ2) is 10.0. The van der Waals surface area contributed by atoms with Crippen molar-refractivity contribution >= 4 is 35.5 Å². The highest BCUT2D eigenvalue weighted by molar-refractivity contribution is 6.24. The number of imide groups is 2. The van der Waals surface area contributed by atoms with Gasteiger partial charge in [0.15, 0.2) is 6.61 Å². The minimum atomic E-state index is -1.10. The Morgan fingerprint density at radius 1 is 1.16 bits per heavy atom. The maximum Gasteiger partial charge on any atom is 0.305 e. The SMILES string of the molecule is O=C(O)CCOCCNC(=O)COc1cccc2c1C(=O)N(C1CCC(=O)NC1=O)C2=O. The van der Waals surface area contributed by atoms with Crippen molar-refractivity contribution in [1.29, 1.82) is 0 Å². The van der Waals surface area contributed by atoms with E-state index in [1.807, 2.05) is 0 Å². The number of carbonyl (C=O) groups is 6. The van der Waals surface area contributed by atoms with Crippen LogP contribution in [0, 0.1) is 0 Å². The fourth-order valence-corrected chi connectivity index (χ4v) is 3.32. The first kappa shape index (κ1) is 22.9. The maximum atomic E-state index is 12.9. The predicted molar refractivity (Wildman–Crippen MR) is 105 cm³/mol. The summed E-state index contributed by atoms with van der Waals surface area (Å²) in [6.07, 6.45) is -0.102. The normalized spacial score (nSPS) is 17.8. The molecule has 1 aromatic carbocycles. The Labute approximate surface area is 181 Å². The van der Waals surface area contributed by atoms with Crippen molar-refractivity contribution in [2.45, 2.75) is 25.3 Å². The summed E-state index contributed by atoms with van der Waals surface area (Å²) >= 11 is 0. The zero-order chi connectivity index (χ0) is 23.3. The second-order valence-electron chi connectivity index (χ2n) is 7.02. The van der Waals surface area contributed by atoms with Gasteiger partial charge >= 0.3 is 5.97 Å². The van der Waals surface area contributed by atoms with Crippen LogP contribution in [0.1, 0.15) is 40.0 Å². The molecule has 0 spiro atoms. The van der Waals surface area contributed by atoms with E-state index in [1.54, 1.807) is 0 Å². The highest BCUT2D eigenvalue weighted by atomic mass is 16.5. The number of nitrogens with one attached hydrogen (secondary N) is 2. The van der Waals surface area contributed by atoms with Gasteiger partial charge in [-0.25, -0.2) is 0 Å². The Morgan fingerprint density at radius 3 is 2.66 bits per heavy atom. The van der Waals surface area contributed by atoms with E-state index in [2.05, 4.69) is 10.6 Å². The quantitative estimate of drug-likeness (QED) is 0.303. The lowest BCUT2D eigenvalue weighted by Gasteiger charge is -2.27. The van der Waals surface area contributed by atoms with Gasteiger partial charge in [-0.05, 0) is 18.6 Å². The summed E-state index contributed by atoms with van der Waals surface area (Å²) in [7, 11) is 0. The molecule has 0 saturated carbocycles. The van der Waals surface area contributed by atoms with Crippen molar-refractivity contribution in [3.05, 3.63) is 29.3 Å². The van der Waals surface area contributed by atoms with Gasteiger partial charge in [-0.3, -0.25) is 39.0 Å². The fourth-order valence-electron chi connectivity index (χ4n) is 3.32. The van der Waals surface area contributed by atoms with Crippen LogP contribution in [0.5, 0.6) is 5.75 Å². The van der Waals surface area contributed by atoms with Crippen molar-refractivity contribution in [3.63, 3.8) is 0 Å². The molecule has 2 heterocycles. The molecule has 1 aromatic rings. The summed E-state index contributed by atoms with van der Waals surface area (Å²) in [5, 5.41) is 13.1. The predicted octanol–water partition coefficient (Wildman–Crippen LogP) is -0.926. The Bertz CT molecular complexity index is 975. The van der Waals surface area contributed by atoms with Gasteiger partial charge in [0, 0.05) is 13.0 Å². The molecule has 12 heteroatoms. The molecule has 0 radical (unpaired) electrons. The molecule has 2 aliphatic rings. The number of benzene rings is 1. The van der Waals surface area contributed by atoms with Crippen molar-refractivity contribution in [2.24, 2.45) is 0 Å². The molecule has 12 nitrogen and oxygen atoms in total. The summed E-state index contributed by atoms with van der Waals surface area (Å²) in [6.45, 7) is -0.161. The highest BCUT2D eigenvalue weighted by Gasteiger charge is 2.46. The van der Waals surface area contributed by atoms with Crippen LogP contribution in [0.2, 0.25) is 0 Å². The van der Waals surface area contributed by atoms with E-state index >= 15 is 0 Å². The van der Waals surface area contributed by atoms with Gasteiger partial charge in [-0.1, -0.05) is 6.07 Å². The molecule has 1 fully saturated rings. The summed E-state index contributed by atoms with van der Waals surface area (Å²) in [6, 6.07) is 3.24. The van der Waals surface area contributed by atoms with Gasteiger partial charge in [-0.2, -0.15) is 0 Å². The first-order valence-electron chi connectivity index (χ1n) is 9.83. The van der Waals surface area contributed by atoms with Crippen LogP contribution < -0.4 is 15.4 Å².